The number of aromatic nitrogens is 2. The zero-order chi connectivity index (χ0) is 18.5. The summed E-state index contributed by atoms with van der Waals surface area (Å²) in [6.07, 6.45) is 0. The van der Waals surface area contributed by atoms with Crippen molar-refractivity contribution in [2.45, 2.75) is 5.92 Å². The quantitative estimate of drug-likeness (QED) is 0.637. The molecule has 1 atom stereocenters. The molecule has 3 N–H and O–H groups in total. The van der Waals surface area contributed by atoms with Gasteiger partial charge >= 0.3 is 0 Å². The summed E-state index contributed by atoms with van der Waals surface area (Å²) in [5, 5.41) is 14.0. The van der Waals surface area contributed by atoms with Gasteiger partial charge in [0.2, 0.25) is 5.91 Å². The van der Waals surface area contributed by atoms with Crippen molar-refractivity contribution in [3.63, 3.8) is 0 Å². The zero-order valence-electron chi connectivity index (χ0n) is 15.0. The van der Waals surface area contributed by atoms with E-state index in [-0.39, 0.29) is 5.91 Å². The van der Waals surface area contributed by atoms with Crippen molar-refractivity contribution in [3.8, 4) is 0 Å². The number of benzene rings is 1. The summed E-state index contributed by atoms with van der Waals surface area (Å²) >= 11 is 1.44. The molecular formula is C19H20N6OS. The number of nitrogens with zero attached hydrogens (tertiary/aromatic N) is 3. The van der Waals surface area contributed by atoms with Crippen molar-refractivity contribution in [1.29, 1.82) is 5.41 Å². The lowest BCUT2D eigenvalue weighted by Crippen LogP contribution is -2.44. The number of piperazine rings is 1. The summed E-state index contributed by atoms with van der Waals surface area (Å²) in [5.41, 5.74) is 3.96. The van der Waals surface area contributed by atoms with Crippen molar-refractivity contribution in [2.24, 2.45) is 0 Å². The second kappa shape index (κ2) is 6.17. The van der Waals surface area contributed by atoms with Crippen LogP contribution in [-0.2, 0) is 4.79 Å². The van der Waals surface area contributed by atoms with Gasteiger partial charge in [0.1, 0.15) is 16.7 Å². The van der Waals surface area contributed by atoms with Crippen LogP contribution in [0.25, 0.3) is 11.0 Å². The van der Waals surface area contributed by atoms with Gasteiger partial charge in [-0.2, -0.15) is 0 Å². The second-order valence-corrected chi connectivity index (χ2v) is 8.03. The molecule has 4 heterocycles. The summed E-state index contributed by atoms with van der Waals surface area (Å²) in [5.74, 6) is -0.375. The number of likely N-dealkylation sites (N-methyl/N-ethyl adjacent to an activating group) is 1. The van der Waals surface area contributed by atoms with E-state index in [2.05, 4.69) is 44.3 Å². The molecule has 1 aromatic carbocycles. The van der Waals surface area contributed by atoms with Gasteiger partial charge in [-0.05, 0) is 36.7 Å². The summed E-state index contributed by atoms with van der Waals surface area (Å²) in [7, 11) is 2.14. The largest absolute Gasteiger partial charge is 0.369 e. The molecule has 138 valence electrons. The van der Waals surface area contributed by atoms with E-state index in [1.807, 2.05) is 17.5 Å². The summed E-state index contributed by atoms with van der Waals surface area (Å²) in [4.78, 5) is 25.2. The normalized spacial score (nSPS) is 20.8. The summed E-state index contributed by atoms with van der Waals surface area (Å²) < 4.78 is 0. The molecule has 1 fully saturated rings. The lowest BCUT2D eigenvalue weighted by Gasteiger charge is -2.34. The Hall–Kier alpha value is -2.71. The molecule has 2 aliphatic heterocycles. The first-order chi connectivity index (χ1) is 13.1. The highest BCUT2D eigenvalue weighted by atomic mass is 32.1. The smallest absolute Gasteiger partial charge is 0.241 e. The van der Waals surface area contributed by atoms with Crippen molar-refractivity contribution in [3.05, 3.63) is 41.0 Å². The highest BCUT2D eigenvalue weighted by Crippen LogP contribution is 2.35. The average Bonchev–Trinajstić information content (AvgIpc) is 3.28. The van der Waals surface area contributed by atoms with Crippen molar-refractivity contribution < 1.29 is 4.79 Å². The Balaban J connectivity index is 1.48. The van der Waals surface area contributed by atoms with Crippen LogP contribution in [0.4, 0.5) is 10.7 Å². The van der Waals surface area contributed by atoms with Crippen LogP contribution in [0.1, 0.15) is 17.3 Å². The number of imidazole rings is 1. The minimum atomic E-state index is -0.702. The third-order valence-electron chi connectivity index (χ3n) is 5.37. The summed E-state index contributed by atoms with van der Waals surface area (Å²) in [6.45, 7) is 4.10. The Morgan fingerprint density at radius 1 is 1.22 bits per heavy atom. The highest BCUT2D eigenvalue weighted by molar-refractivity contribution is 7.15. The monoisotopic (exact) mass is 380 g/mol. The van der Waals surface area contributed by atoms with Crippen LogP contribution >= 0.6 is 11.3 Å². The maximum atomic E-state index is 12.6. The average molecular weight is 380 g/mol. The predicted molar refractivity (Wildman–Crippen MR) is 108 cm³/mol. The number of carbonyl (C=O) groups excluding carboxylic acids is 1. The van der Waals surface area contributed by atoms with E-state index in [1.54, 1.807) is 0 Å². The first-order valence-corrected chi connectivity index (χ1v) is 9.88. The minimum absolute atomic E-state index is 0.201. The Morgan fingerprint density at radius 3 is 2.85 bits per heavy atom. The SMILES string of the molecule is CN1CCN(c2ccc3nc(C4C(=N)c5ccsc5NC4=O)[nH]c3c2)CC1. The van der Waals surface area contributed by atoms with Gasteiger partial charge in [0.15, 0.2) is 0 Å². The first kappa shape index (κ1) is 16.5. The van der Waals surface area contributed by atoms with Crippen LogP contribution in [0.3, 0.4) is 0 Å². The van der Waals surface area contributed by atoms with Crippen molar-refractivity contribution >= 4 is 44.7 Å². The number of rotatable bonds is 2. The molecule has 0 saturated carbocycles. The number of carbonyl (C=O) groups is 1. The van der Waals surface area contributed by atoms with Crippen LogP contribution in [0.2, 0.25) is 0 Å². The van der Waals surface area contributed by atoms with Gasteiger partial charge in [-0.3, -0.25) is 4.79 Å². The molecule has 2 aliphatic rings. The van der Waals surface area contributed by atoms with E-state index in [4.69, 9.17) is 5.41 Å². The number of fused-ring (bicyclic) bond motifs is 2. The van der Waals surface area contributed by atoms with Gasteiger partial charge in [-0.15, -0.1) is 11.3 Å². The van der Waals surface area contributed by atoms with E-state index in [0.717, 1.165) is 53.5 Å². The van der Waals surface area contributed by atoms with Gasteiger partial charge < -0.3 is 25.5 Å². The van der Waals surface area contributed by atoms with E-state index < -0.39 is 5.92 Å². The molecule has 1 unspecified atom stereocenters. The van der Waals surface area contributed by atoms with Crippen LogP contribution in [0.15, 0.2) is 29.6 Å². The number of H-pyrrole nitrogens is 1. The Morgan fingerprint density at radius 2 is 2.04 bits per heavy atom. The Bertz CT molecular complexity index is 1050. The third-order valence-corrected chi connectivity index (χ3v) is 6.20. The fourth-order valence-electron chi connectivity index (χ4n) is 3.77. The van der Waals surface area contributed by atoms with Crippen LogP contribution < -0.4 is 10.2 Å². The second-order valence-electron chi connectivity index (χ2n) is 7.11. The number of amides is 1. The van der Waals surface area contributed by atoms with E-state index >= 15 is 0 Å². The van der Waals surface area contributed by atoms with Gasteiger partial charge in [0, 0.05) is 37.4 Å². The molecule has 0 bridgehead atoms. The molecule has 2 aromatic heterocycles. The van der Waals surface area contributed by atoms with Crippen LogP contribution in [0.5, 0.6) is 0 Å². The zero-order valence-corrected chi connectivity index (χ0v) is 15.8. The number of anilines is 2. The third kappa shape index (κ3) is 2.72. The maximum Gasteiger partial charge on any atom is 0.241 e. The molecule has 1 saturated heterocycles. The molecule has 3 aromatic rings. The van der Waals surface area contributed by atoms with Gasteiger partial charge in [-0.1, -0.05) is 0 Å². The van der Waals surface area contributed by atoms with E-state index in [1.165, 1.54) is 11.3 Å². The Kier molecular flexibility index (Phi) is 3.76. The molecule has 0 aliphatic carbocycles. The molecule has 8 heteroatoms. The van der Waals surface area contributed by atoms with Crippen LogP contribution in [0, 0.1) is 5.41 Å². The topological polar surface area (TPSA) is 88.1 Å². The lowest BCUT2D eigenvalue weighted by atomic mass is 9.93. The Labute approximate surface area is 160 Å². The minimum Gasteiger partial charge on any atom is -0.369 e. The fourth-order valence-corrected chi connectivity index (χ4v) is 4.57. The number of nitrogens with one attached hydrogen (secondary N) is 3. The standard InChI is InChI=1S/C19H20N6OS/c1-24-5-7-25(8-6-24)11-2-3-13-14(10-11)22-17(21-13)15-16(20)12-4-9-27-19(12)23-18(15)26/h2-4,9-10,15,20H,5-8H2,1H3,(H,21,22)(H,23,26). The molecule has 27 heavy (non-hydrogen) atoms. The van der Waals surface area contributed by atoms with E-state index in [0.29, 0.717) is 11.5 Å². The number of hydrogen-bond acceptors (Lipinski definition) is 6. The first-order valence-electron chi connectivity index (χ1n) is 9.00. The maximum absolute atomic E-state index is 12.6. The highest BCUT2D eigenvalue weighted by Gasteiger charge is 2.35. The number of aromatic amines is 1. The van der Waals surface area contributed by atoms with Gasteiger partial charge in [-0.25, -0.2) is 4.98 Å². The molecule has 0 spiro atoms. The van der Waals surface area contributed by atoms with Crippen molar-refractivity contribution in [1.82, 2.24) is 14.9 Å². The molecule has 1 amide bonds. The molecule has 5 rings (SSSR count). The van der Waals surface area contributed by atoms with Crippen molar-refractivity contribution in [2.75, 3.05) is 43.4 Å². The van der Waals surface area contributed by atoms with Crippen LogP contribution in [-0.4, -0.2) is 59.7 Å². The number of thiophene rings is 1. The number of hydrogen-bond donors (Lipinski definition) is 3. The predicted octanol–water partition coefficient (Wildman–Crippen LogP) is 2.48. The molecular weight excluding hydrogens is 360 g/mol. The van der Waals surface area contributed by atoms with E-state index in [9.17, 15) is 4.79 Å². The molecule has 0 radical (unpaired) electrons. The van der Waals surface area contributed by atoms with Gasteiger partial charge in [0.25, 0.3) is 0 Å². The van der Waals surface area contributed by atoms with Gasteiger partial charge in [0.05, 0.1) is 16.7 Å². The fraction of sp³-hybridized carbons (Fsp3) is 0.316. The lowest BCUT2D eigenvalue weighted by molar-refractivity contribution is -0.116. The molecule has 7 nitrogen and oxygen atoms in total. The summed E-state index contributed by atoms with van der Waals surface area (Å²) in [6, 6.07) is 8.05.